The summed E-state index contributed by atoms with van der Waals surface area (Å²) in [5, 5.41) is 6.50. The van der Waals surface area contributed by atoms with Gasteiger partial charge in [0.1, 0.15) is 11.4 Å². The van der Waals surface area contributed by atoms with Crippen LogP contribution in [0.3, 0.4) is 0 Å². The van der Waals surface area contributed by atoms with Crippen LogP contribution in [0.2, 0.25) is 0 Å². The fourth-order valence-electron chi connectivity index (χ4n) is 3.31. The van der Waals surface area contributed by atoms with Gasteiger partial charge in [-0.3, -0.25) is 9.59 Å². The van der Waals surface area contributed by atoms with Crippen LogP contribution in [0.25, 0.3) is 0 Å². The zero-order chi connectivity index (χ0) is 19.8. The number of nitrogens with one attached hydrogen (secondary N) is 2. The summed E-state index contributed by atoms with van der Waals surface area (Å²) < 4.78 is 1.75. The molecule has 0 spiro atoms. The Labute approximate surface area is 176 Å². The van der Waals surface area contributed by atoms with E-state index in [1.165, 1.54) is 12.8 Å². The molecule has 2 aromatic carbocycles. The third kappa shape index (κ3) is 4.63. The van der Waals surface area contributed by atoms with Crippen LogP contribution in [-0.2, 0) is 0 Å². The van der Waals surface area contributed by atoms with Crippen LogP contribution in [-0.4, -0.2) is 30.6 Å². The van der Waals surface area contributed by atoms with E-state index in [9.17, 15) is 9.59 Å². The number of benzene rings is 1. The smallest absolute Gasteiger partial charge is 0.253 e. The molecule has 146 valence electrons. The van der Waals surface area contributed by atoms with Gasteiger partial charge in [-0.05, 0) is 65.5 Å². The molecule has 1 aliphatic rings. The van der Waals surface area contributed by atoms with E-state index in [2.05, 4.69) is 68.2 Å². The monoisotopic (exact) mass is 497 g/mol. The van der Waals surface area contributed by atoms with Gasteiger partial charge in [-0.15, -0.1) is 0 Å². The zero-order valence-corrected chi connectivity index (χ0v) is 19.0. The van der Waals surface area contributed by atoms with E-state index < -0.39 is 10.9 Å². The molecule has 0 unspecified atom stereocenters. The van der Waals surface area contributed by atoms with Crippen LogP contribution >= 0.6 is 31.9 Å². The highest BCUT2D eigenvalue weighted by Gasteiger charge is 2.31. The van der Waals surface area contributed by atoms with Gasteiger partial charge < -0.3 is 15.5 Å². The van der Waals surface area contributed by atoms with Crippen molar-refractivity contribution in [1.82, 2.24) is 4.90 Å². The van der Waals surface area contributed by atoms with Crippen molar-refractivity contribution < 1.29 is 0 Å². The lowest BCUT2D eigenvalue weighted by Gasteiger charge is -2.36. The maximum Gasteiger partial charge on any atom is 0.253 e. The number of halogens is 2. The lowest BCUT2D eigenvalue weighted by molar-refractivity contribution is 0.241. The second-order valence-corrected chi connectivity index (χ2v) is 10.00. The molecule has 7 heteroatoms. The van der Waals surface area contributed by atoms with E-state index in [-0.39, 0.29) is 11.5 Å². The number of nitrogens with zero attached hydrogens (tertiary/aromatic N) is 1. The summed E-state index contributed by atoms with van der Waals surface area (Å²) in [6.07, 6.45) is 2.45. The van der Waals surface area contributed by atoms with Gasteiger partial charge in [0.25, 0.3) is 10.9 Å². The lowest BCUT2D eigenvalue weighted by Crippen LogP contribution is -2.47. The molecule has 0 aromatic heterocycles. The molecule has 1 fully saturated rings. The number of hydrogen-bond donors (Lipinski definition) is 2. The fraction of sp³-hybridized carbons (Fsp3) is 0.500. The molecule has 1 saturated heterocycles. The van der Waals surface area contributed by atoms with Crippen molar-refractivity contribution >= 4 is 48.9 Å². The fourth-order valence-corrected chi connectivity index (χ4v) is 4.45. The highest BCUT2D eigenvalue weighted by molar-refractivity contribution is 9.11. The predicted octanol–water partition coefficient (Wildman–Crippen LogP) is 4.47. The summed E-state index contributed by atoms with van der Waals surface area (Å²) in [5.74, 6) is 0. The Bertz CT molecular complexity index is 892. The molecule has 0 aliphatic carbocycles. The first-order valence-corrected chi connectivity index (χ1v) is 10.8. The van der Waals surface area contributed by atoms with Crippen molar-refractivity contribution in [3.8, 4) is 0 Å². The van der Waals surface area contributed by atoms with Gasteiger partial charge in [0.15, 0.2) is 0 Å². The molecule has 0 saturated carbocycles. The second kappa shape index (κ2) is 8.05. The Balaban J connectivity index is 1.82. The average molecular weight is 499 g/mol. The Kier molecular flexibility index (Phi) is 6.13. The Hall–Kier alpha value is -1.18. The summed E-state index contributed by atoms with van der Waals surface area (Å²) in [5.41, 5.74) is 0.535. The van der Waals surface area contributed by atoms with Crippen LogP contribution in [0.1, 0.15) is 33.6 Å². The SMILES string of the molecule is CC(C)(C)[C@@H](CN1CCCC1)Nc1c(Nc2ccc(Br)cc2Br)c(=O)c1=O. The molecular formula is C20H25Br2N3O2. The molecule has 0 radical (unpaired) electrons. The molecule has 1 heterocycles. The van der Waals surface area contributed by atoms with E-state index in [1.54, 1.807) is 0 Å². The van der Waals surface area contributed by atoms with Gasteiger partial charge in [0.2, 0.25) is 0 Å². The van der Waals surface area contributed by atoms with E-state index >= 15 is 0 Å². The minimum Gasteiger partial charge on any atom is -0.375 e. The van der Waals surface area contributed by atoms with Gasteiger partial charge in [-0.2, -0.15) is 0 Å². The van der Waals surface area contributed by atoms with Crippen molar-refractivity contribution in [3.63, 3.8) is 0 Å². The van der Waals surface area contributed by atoms with E-state index in [0.717, 1.165) is 34.3 Å². The molecule has 0 bridgehead atoms. The highest BCUT2D eigenvalue weighted by atomic mass is 79.9. The Morgan fingerprint density at radius 1 is 1.07 bits per heavy atom. The van der Waals surface area contributed by atoms with Crippen molar-refractivity contribution in [1.29, 1.82) is 0 Å². The van der Waals surface area contributed by atoms with Crippen molar-refractivity contribution in [2.24, 2.45) is 5.41 Å². The third-order valence-corrected chi connectivity index (χ3v) is 6.25. The molecule has 5 nitrogen and oxygen atoms in total. The van der Waals surface area contributed by atoms with Crippen LogP contribution in [0.5, 0.6) is 0 Å². The quantitative estimate of drug-likeness (QED) is 0.575. The van der Waals surface area contributed by atoms with E-state index in [4.69, 9.17) is 0 Å². The number of hydrogen-bond acceptors (Lipinski definition) is 5. The Morgan fingerprint density at radius 3 is 2.30 bits per heavy atom. The number of anilines is 3. The topological polar surface area (TPSA) is 61.4 Å². The van der Waals surface area contributed by atoms with Crippen molar-refractivity contribution in [3.05, 3.63) is 47.6 Å². The second-order valence-electron chi connectivity index (χ2n) is 8.23. The third-order valence-electron chi connectivity index (χ3n) is 5.10. The molecule has 27 heavy (non-hydrogen) atoms. The first-order chi connectivity index (χ1) is 12.7. The first-order valence-electron chi connectivity index (χ1n) is 9.21. The summed E-state index contributed by atoms with van der Waals surface area (Å²) >= 11 is 6.90. The van der Waals surface area contributed by atoms with Crippen LogP contribution in [0, 0.1) is 5.41 Å². The molecular weight excluding hydrogens is 474 g/mol. The Morgan fingerprint density at radius 2 is 1.70 bits per heavy atom. The summed E-state index contributed by atoms with van der Waals surface area (Å²) in [4.78, 5) is 26.9. The largest absolute Gasteiger partial charge is 0.375 e. The molecule has 1 aliphatic heterocycles. The van der Waals surface area contributed by atoms with Gasteiger partial charge in [0, 0.05) is 21.5 Å². The van der Waals surface area contributed by atoms with E-state index in [0.29, 0.717) is 11.4 Å². The first kappa shape index (κ1) is 20.6. The highest BCUT2D eigenvalue weighted by Crippen LogP contribution is 2.32. The van der Waals surface area contributed by atoms with Crippen LogP contribution < -0.4 is 21.5 Å². The maximum absolute atomic E-state index is 12.3. The van der Waals surface area contributed by atoms with Crippen molar-refractivity contribution in [2.45, 2.75) is 39.7 Å². The van der Waals surface area contributed by atoms with E-state index in [1.807, 2.05) is 18.2 Å². The van der Waals surface area contributed by atoms with Crippen LogP contribution in [0.4, 0.5) is 17.1 Å². The standard InChI is InChI=1S/C20H25Br2N3O2/c1-20(2,3)15(11-25-8-4-5-9-25)24-17-16(18(26)19(17)27)23-14-7-6-12(21)10-13(14)22/h6-7,10,15,23-24H,4-5,8-9,11H2,1-3H3/t15-/m1/s1. The van der Waals surface area contributed by atoms with Crippen LogP contribution in [0.15, 0.2) is 36.7 Å². The number of likely N-dealkylation sites (tertiary alicyclic amines) is 1. The molecule has 0 amide bonds. The molecule has 3 rings (SSSR count). The summed E-state index contributed by atoms with van der Waals surface area (Å²) in [6, 6.07) is 5.72. The molecule has 1 atom stereocenters. The number of rotatable bonds is 6. The lowest BCUT2D eigenvalue weighted by atomic mass is 9.86. The van der Waals surface area contributed by atoms with Crippen molar-refractivity contribution in [2.75, 3.05) is 30.3 Å². The zero-order valence-electron chi connectivity index (χ0n) is 15.9. The average Bonchev–Trinajstić information content (AvgIpc) is 3.10. The van der Waals surface area contributed by atoms with Gasteiger partial charge in [0.05, 0.1) is 5.69 Å². The predicted molar refractivity (Wildman–Crippen MR) is 119 cm³/mol. The maximum atomic E-state index is 12.3. The normalized spacial score (nSPS) is 16.6. The molecule has 2 aromatic rings. The minimum absolute atomic E-state index is 0.0438. The van der Waals surface area contributed by atoms with Gasteiger partial charge in [-0.25, -0.2) is 0 Å². The minimum atomic E-state index is -0.471. The summed E-state index contributed by atoms with van der Waals surface area (Å²) in [7, 11) is 0. The summed E-state index contributed by atoms with van der Waals surface area (Å²) in [6.45, 7) is 9.53. The van der Waals surface area contributed by atoms with Gasteiger partial charge in [-0.1, -0.05) is 36.7 Å². The molecule has 2 N–H and O–H groups in total. The van der Waals surface area contributed by atoms with Gasteiger partial charge >= 0.3 is 0 Å².